The predicted octanol–water partition coefficient (Wildman–Crippen LogP) is 1.89. The zero-order valence-electron chi connectivity index (χ0n) is 11.1. The molecule has 0 aliphatic heterocycles. The number of sulfonamides is 1. The molecule has 0 heterocycles. The molecule has 8 heteroatoms. The van der Waals surface area contributed by atoms with E-state index in [9.17, 15) is 22.0 Å². The maximum absolute atomic E-state index is 13.6. The molecule has 1 saturated carbocycles. The van der Waals surface area contributed by atoms with Gasteiger partial charge in [-0.2, -0.15) is 0 Å². The SMILES string of the molecule is O=C(O)C1CCCCC1NS(=O)(=O)c1cc(F)ccc1F. The van der Waals surface area contributed by atoms with Crippen molar-refractivity contribution in [3.8, 4) is 0 Å². The molecule has 1 aliphatic carbocycles. The first-order valence-corrected chi connectivity index (χ1v) is 8.00. The highest BCUT2D eigenvalue weighted by Crippen LogP contribution is 2.26. The first kappa shape index (κ1) is 15.8. The van der Waals surface area contributed by atoms with Gasteiger partial charge >= 0.3 is 5.97 Å². The Morgan fingerprint density at radius 2 is 1.90 bits per heavy atom. The van der Waals surface area contributed by atoms with Crippen LogP contribution in [-0.2, 0) is 14.8 Å². The Balaban J connectivity index is 2.27. The van der Waals surface area contributed by atoms with Crippen LogP contribution in [0, 0.1) is 17.6 Å². The molecule has 1 fully saturated rings. The van der Waals surface area contributed by atoms with E-state index in [0.29, 0.717) is 31.7 Å². The van der Waals surface area contributed by atoms with Crippen LogP contribution in [0.1, 0.15) is 25.7 Å². The number of hydrogen-bond acceptors (Lipinski definition) is 3. The summed E-state index contributed by atoms with van der Waals surface area (Å²) >= 11 is 0. The van der Waals surface area contributed by atoms with Crippen LogP contribution in [0.15, 0.2) is 23.1 Å². The molecule has 2 unspecified atom stereocenters. The maximum Gasteiger partial charge on any atom is 0.308 e. The van der Waals surface area contributed by atoms with Gasteiger partial charge in [0.15, 0.2) is 0 Å². The number of hydrogen-bond donors (Lipinski definition) is 2. The zero-order valence-corrected chi connectivity index (χ0v) is 11.9. The standard InChI is InChI=1S/C13H15F2NO4S/c14-8-5-6-10(15)12(7-8)21(19,20)16-11-4-2-1-3-9(11)13(17)18/h5-7,9,11,16H,1-4H2,(H,17,18). The largest absolute Gasteiger partial charge is 0.481 e. The average Bonchev–Trinajstić information content (AvgIpc) is 2.41. The Morgan fingerprint density at radius 1 is 1.24 bits per heavy atom. The van der Waals surface area contributed by atoms with Gasteiger partial charge in [-0.15, -0.1) is 0 Å². The van der Waals surface area contributed by atoms with Gasteiger partial charge in [-0.3, -0.25) is 4.79 Å². The average molecular weight is 319 g/mol. The van der Waals surface area contributed by atoms with Crippen LogP contribution in [0.5, 0.6) is 0 Å². The molecule has 2 atom stereocenters. The molecule has 0 bridgehead atoms. The molecule has 0 saturated heterocycles. The summed E-state index contributed by atoms with van der Waals surface area (Å²) in [6, 6.07) is 1.30. The summed E-state index contributed by atoms with van der Waals surface area (Å²) < 4.78 is 53.1. The second kappa shape index (κ2) is 6.07. The van der Waals surface area contributed by atoms with Crippen molar-refractivity contribution in [2.24, 2.45) is 5.92 Å². The highest BCUT2D eigenvalue weighted by Gasteiger charge is 2.34. The first-order valence-electron chi connectivity index (χ1n) is 6.51. The lowest BCUT2D eigenvalue weighted by Crippen LogP contribution is -2.45. The topological polar surface area (TPSA) is 83.5 Å². The van der Waals surface area contributed by atoms with Crippen LogP contribution in [0.2, 0.25) is 0 Å². The van der Waals surface area contributed by atoms with Crippen LogP contribution in [0.25, 0.3) is 0 Å². The van der Waals surface area contributed by atoms with Gasteiger partial charge in [0.2, 0.25) is 10.0 Å². The van der Waals surface area contributed by atoms with Gasteiger partial charge < -0.3 is 5.11 Å². The van der Waals surface area contributed by atoms with Crippen molar-refractivity contribution < 1.29 is 27.1 Å². The lowest BCUT2D eigenvalue weighted by molar-refractivity contribution is -0.143. The van der Waals surface area contributed by atoms with Crippen molar-refractivity contribution in [3.63, 3.8) is 0 Å². The number of rotatable bonds is 4. The second-order valence-corrected chi connectivity index (χ2v) is 6.71. The number of carbonyl (C=O) groups is 1. The van der Waals surface area contributed by atoms with E-state index in [-0.39, 0.29) is 0 Å². The van der Waals surface area contributed by atoms with Crippen LogP contribution in [0.3, 0.4) is 0 Å². The van der Waals surface area contributed by atoms with Gasteiger partial charge in [0.1, 0.15) is 16.5 Å². The first-order chi connectivity index (χ1) is 9.81. The number of benzene rings is 1. The van der Waals surface area contributed by atoms with Crippen molar-refractivity contribution in [1.29, 1.82) is 0 Å². The molecule has 2 rings (SSSR count). The van der Waals surface area contributed by atoms with E-state index >= 15 is 0 Å². The quantitative estimate of drug-likeness (QED) is 0.887. The van der Waals surface area contributed by atoms with Gasteiger partial charge in [0.25, 0.3) is 0 Å². The van der Waals surface area contributed by atoms with Crippen molar-refractivity contribution in [2.45, 2.75) is 36.6 Å². The van der Waals surface area contributed by atoms with Gasteiger partial charge in [0, 0.05) is 6.04 Å². The third-order valence-electron chi connectivity index (χ3n) is 3.57. The summed E-state index contributed by atoms with van der Waals surface area (Å²) in [6.45, 7) is 0. The molecule has 5 nitrogen and oxygen atoms in total. The fraction of sp³-hybridized carbons (Fsp3) is 0.462. The zero-order chi connectivity index (χ0) is 15.6. The van der Waals surface area contributed by atoms with Crippen LogP contribution < -0.4 is 4.72 Å². The monoisotopic (exact) mass is 319 g/mol. The summed E-state index contributed by atoms with van der Waals surface area (Å²) in [5.74, 6) is -3.91. The molecule has 0 spiro atoms. The maximum atomic E-state index is 13.6. The summed E-state index contributed by atoms with van der Waals surface area (Å²) in [4.78, 5) is 10.3. The second-order valence-electron chi connectivity index (χ2n) is 5.03. The van der Waals surface area contributed by atoms with Gasteiger partial charge in [-0.25, -0.2) is 21.9 Å². The Morgan fingerprint density at radius 3 is 2.57 bits per heavy atom. The summed E-state index contributed by atoms with van der Waals surface area (Å²) in [6.07, 6.45) is 2.09. The van der Waals surface area contributed by atoms with E-state index in [1.807, 2.05) is 0 Å². The molecule has 1 aromatic rings. The van der Waals surface area contributed by atoms with Gasteiger partial charge in [-0.05, 0) is 31.0 Å². The third-order valence-corrected chi connectivity index (χ3v) is 5.08. The Labute approximate surface area is 121 Å². The van der Waals surface area contributed by atoms with Crippen molar-refractivity contribution in [3.05, 3.63) is 29.8 Å². The predicted molar refractivity (Wildman–Crippen MR) is 70.1 cm³/mol. The summed E-state index contributed by atoms with van der Waals surface area (Å²) in [5, 5.41) is 9.11. The highest BCUT2D eigenvalue weighted by atomic mass is 32.2. The highest BCUT2D eigenvalue weighted by molar-refractivity contribution is 7.89. The third kappa shape index (κ3) is 3.56. The Kier molecular flexibility index (Phi) is 4.58. The van der Waals surface area contributed by atoms with Crippen LogP contribution in [-0.4, -0.2) is 25.5 Å². The summed E-state index contributed by atoms with van der Waals surface area (Å²) in [7, 11) is -4.31. The Bertz CT molecular complexity index is 648. The fourth-order valence-corrected chi connectivity index (χ4v) is 3.91. The minimum absolute atomic E-state index is 0.354. The normalized spacial score (nSPS) is 23.0. The molecule has 0 amide bonds. The van der Waals surface area contributed by atoms with E-state index in [0.717, 1.165) is 12.1 Å². The molecule has 0 aromatic heterocycles. The molecular formula is C13H15F2NO4S. The van der Waals surface area contributed by atoms with E-state index < -0.39 is 44.5 Å². The fourth-order valence-electron chi connectivity index (χ4n) is 2.51. The van der Waals surface area contributed by atoms with E-state index in [1.165, 1.54) is 0 Å². The van der Waals surface area contributed by atoms with Crippen LogP contribution in [0.4, 0.5) is 8.78 Å². The number of carboxylic acid groups (broad SMARTS) is 1. The number of carboxylic acids is 1. The molecule has 2 N–H and O–H groups in total. The molecule has 0 radical (unpaired) electrons. The summed E-state index contributed by atoms with van der Waals surface area (Å²) in [5.41, 5.74) is 0. The molecule has 116 valence electrons. The van der Waals surface area contributed by atoms with E-state index in [4.69, 9.17) is 5.11 Å². The van der Waals surface area contributed by atoms with Crippen molar-refractivity contribution in [1.82, 2.24) is 4.72 Å². The molecule has 1 aromatic carbocycles. The number of aliphatic carboxylic acids is 1. The van der Waals surface area contributed by atoms with Crippen molar-refractivity contribution >= 4 is 16.0 Å². The van der Waals surface area contributed by atoms with Gasteiger partial charge in [-0.1, -0.05) is 12.8 Å². The number of halogens is 2. The smallest absolute Gasteiger partial charge is 0.308 e. The van der Waals surface area contributed by atoms with Crippen LogP contribution >= 0.6 is 0 Å². The minimum atomic E-state index is -4.31. The van der Waals surface area contributed by atoms with E-state index in [1.54, 1.807) is 0 Å². The molecular weight excluding hydrogens is 304 g/mol. The molecule has 21 heavy (non-hydrogen) atoms. The number of nitrogens with one attached hydrogen (secondary N) is 1. The Hall–Kier alpha value is -1.54. The molecule has 1 aliphatic rings. The lowest BCUT2D eigenvalue weighted by atomic mass is 9.85. The lowest BCUT2D eigenvalue weighted by Gasteiger charge is -2.29. The van der Waals surface area contributed by atoms with Gasteiger partial charge in [0.05, 0.1) is 5.92 Å². The van der Waals surface area contributed by atoms with E-state index in [2.05, 4.69) is 4.72 Å². The minimum Gasteiger partial charge on any atom is -0.481 e. The van der Waals surface area contributed by atoms with Crippen molar-refractivity contribution in [2.75, 3.05) is 0 Å².